The van der Waals surface area contributed by atoms with E-state index in [4.69, 9.17) is 4.74 Å². The van der Waals surface area contributed by atoms with Crippen molar-refractivity contribution in [1.29, 1.82) is 0 Å². The molecule has 0 bridgehead atoms. The number of hydrogen-bond donors (Lipinski definition) is 2. The Morgan fingerprint density at radius 1 is 1.17 bits per heavy atom. The molecular formula is C18H17N3O3. The second-order valence-electron chi connectivity index (χ2n) is 6.02. The summed E-state index contributed by atoms with van der Waals surface area (Å²) in [4.78, 5) is 32.1. The highest BCUT2D eigenvalue weighted by atomic mass is 16.5. The molecule has 1 aliphatic heterocycles. The number of amides is 1. The summed E-state index contributed by atoms with van der Waals surface area (Å²) in [6.07, 6.45) is 3.24. The van der Waals surface area contributed by atoms with E-state index in [2.05, 4.69) is 9.97 Å². The van der Waals surface area contributed by atoms with E-state index in [1.807, 2.05) is 37.3 Å². The minimum absolute atomic E-state index is 0.0124. The largest absolute Gasteiger partial charge is 0.487 e. The van der Waals surface area contributed by atoms with Crippen molar-refractivity contribution in [2.75, 3.05) is 13.1 Å². The lowest BCUT2D eigenvalue weighted by molar-refractivity contribution is 0.0179. The normalized spacial score (nSPS) is 14.6. The summed E-state index contributed by atoms with van der Waals surface area (Å²) in [7, 11) is 0. The Labute approximate surface area is 138 Å². The third kappa shape index (κ3) is 2.36. The lowest BCUT2D eigenvalue weighted by Crippen LogP contribution is -2.56. The zero-order valence-corrected chi connectivity index (χ0v) is 13.2. The number of nitrogens with zero attached hydrogens (tertiary/aromatic N) is 1. The molecule has 1 aliphatic rings. The number of fused-ring (bicyclic) bond motifs is 1. The number of aromatic nitrogens is 2. The van der Waals surface area contributed by atoms with Gasteiger partial charge in [-0.3, -0.25) is 9.59 Å². The van der Waals surface area contributed by atoms with Crippen molar-refractivity contribution in [3.05, 3.63) is 64.2 Å². The van der Waals surface area contributed by atoms with Gasteiger partial charge < -0.3 is 19.6 Å². The van der Waals surface area contributed by atoms with E-state index < -0.39 is 0 Å². The molecule has 0 unspecified atom stereocenters. The highest BCUT2D eigenvalue weighted by Crippen LogP contribution is 2.23. The van der Waals surface area contributed by atoms with Crippen molar-refractivity contribution in [3.63, 3.8) is 0 Å². The minimum atomic E-state index is -0.252. The Morgan fingerprint density at radius 3 is 2.67 bits per heavy atom. The minimum Gasteiger partial charge on any atom is -0.487 e. The average molecular weight is 323 g/mol. The third-order valence-corrected chi connectivity index (χ3v) is 4.33. The lowest BCUT2D eigenvalue weighted by atomic mass is 10.1. The molecule has 0 radical (unpaired) electrons. The van der Waals surface area contributed by atoms with Crippen LogP contribution >= 0.6 is 0 Å². The van der Waals surface area contributed by atoms with Crippen molar-refractivity contribution in [1.82, 2.24) is 14.9 Å². The van der Waals surface area contributed by atoms with Crippen molar-refractivity contribution >= 4 is 16.8 Å². The number of aryl methyl sites for hydroxylation is 1. The molecular weight excluding hydrogens is 306 g/mol. The molecule has 1 amide bonds. The fourth-order valence-corrected chi connectivity index (χ4v) is 3.00. The SMILES string of the molecule is Cc1c[nH]c(=O)c2c(C(=O)N3CC(Oc4ccccc4)C3)c[nH]c12. The number of aromatic amines is 2. The summed E-state index contributed by atoms with van der Waals surface area (Å²) in [6, 6.07) is 9.55. The standard InChI is InChI=1S/C18H17N3O3/c1-11-7-20-17(22)15-14(8-19-16(11)15)18(23)21-9-13(10-21)24-12-5-3-2-4-6-12/h2-8,13,19H,9-10H2,1H3,(H,20,22). The van der Waals surface area contributed by atoms with Gasteiger partial charge in [-0.1, -0.05) is 18.2 Å². The number of pyridine rings is 1. The van der Waals surface area contributed by atoms with E-state index in [0.717, 1.165) is 11.3 Å². The molecule has 1 saturated heterocycles. The summed E-state index contributed by atoms with van der Waals surface area (Å²) in [5.41, 5.74) is 1.77. The quantitative estimate of drug-likeness (QED) is 0.774. The number of H-pyrrole nitrogens is 2. The predicted molar refractivity (Wildman–Crippen MR) is 90.4 cm³/mol. The number of carbonyl (C=O) groups excluding carboxylic acids is 1. The molecule has 0 saturated carbocycles. The molecule has 2 aromatic heterocycles. The number of benzene rings is 1. The maximum atomic E-state index is 12.7. The summed E-state index contributed by atoms with van der Waals surface area (Å²) in [5, 5.41) is 0.424. The second-order valence-corrected chi connectivity index (χ2v) is 6.02. The number of ether oxygens (including phenoxy) is 1. The highest BCUT2D eigenvalue weighted by molar-refractivity contribution is 6.07. The Kier molecular flexibility index (Phi) is 3.37. The zero-order chi connectivity index (χ0) is 16.7. The topological polar surface area (TPSA) is 78.2 Å². The number of rotatable bonds is 3. The summed E-state index contributed by atoms with van der Waals surface area (Å²) < 4.78 is 5.81. The van der Waals surface area contributed by atoms with E-state index in [0.29, 0.717) is 29.6 Å². The summed E-state index contributed by atoms with van der Waals surface area (Å²) >= 11 is 0. The Balaban J connectivity index is 1.50. The van der Waals surface area contributed by atoms with Crippen molar-refractivity contribution in [3.8, 4) is 5.75 Å². The fraction of sp³-hybridized carbons (Fsp3) is 0.222. The van der Waals surface area contributed by atoms with Gasteiger partial charge in [-0.15, -0.1) is 0 Å². The van der Waals surface area contributed by atoms with E-state index in [9.17, 15) is 9.59 Å². The Bertz CT molecular complexity index is 953. The van der Waals surface area contributed by atoms with Crippen molar-refractivity contribution in [2.24, 2.45) is 0 Å². The van der Waals surface area contributed by atoms with Crippen LogP contribution in [0.3, 0.4) is 0 Å². The van der Waals surface area contributed by atoms with Crippen molar-refractivity contribution < 1.29 is 9.53 Å². The first-order chi connectivity index (χ1) is 11.6. The molecule has 6 heteroatoms. The monoisotopic (exact) mass is 323 g/mol. The molecule has 0 spiro atoms. The first kappa shape index (κ1) is 14.6. The summed E-state index contributed by atoms with van der Waals surface area (Å²) in [5.74, 6) is 0.652. The number of hydrogen-bond acceptors (Lipinski definition) is 3. The zero-order valence-electron chi connectivity index (χ0n) is 13.2. The lowest BCUT2D eigenvalue weighted by Gasteiger charge is -2.38. The van der Waals surface area contributed by atoms with Gasteiger partial charge in [-0.05, 0) is 24.6 Å². The summed E-state index contributed by atoms with van der Waals surface area (Å²) in [6.45, 7) is 2.92. The molecule has 3 aromatic rings. The van der Waals surface area contributed by atoms with E-state index in [1.165, 1.54) is 0 Å². The first-order valence-electron chi connectivity index (χ1n) is 7.84. The number of likely N-dealkylation sites (tertiary alicyclic amines) is 1. The van der Waals surface area contributed by atoms with Crippen molar-refractivity contribution in [2.45, 2.75) is 13.0 Å². The van der Waals surface area contributed by atoms with Gasteiger partial charge in [0.15, 0.2) is 0 Å². The molecule has 4 rings (SSSR count). The van der Waals surface area contributed by atoms with Crippen LogP contribution in [0.25, 0.3) is 10.9 Å². The van der Waals surface area contributed by atoms with Gasteiger partial charge in [-0.2, -0.15) is 0 Å². The smallest absolute Gasteiger partial charge is 0.258 e. The van der Waals surface area contributed by atoms with Gasteiger partial charge in [0.05, 0.1) is 29.6 Å². The molecule has 1 fully saturated rings. The molecule has 0 atom stereocenters. The maximum absolute atomic E-state index is 12.7. The van der Waals surface area contributed by atoms with Crippen LogP contribution < -0.4 is 10.3 Å². The van der Waals surface area contributed by atoms with Gasteiger partial charge in [0, 0.05) is 12.4 Å². The van der Waals surface area contributed by atoms with Gasteiger partial charge in [-0.25, -0.2) is 0 Å². The van der Waals surface area contributed by atoms with Crippen LogP contribution in [0.5, 0.6) is 5.75 Å². The van der Waals surface area contributed by atoms with Crippen LogP contribution in [0.2, 0.25) is 0 Å². The van der Waals surface area contributed by atoms with Crippen LogP contribution in [-0.4, -0.2) is 40.0 Å². The second kappa shape index (κ2) is 5.56. The molecule has 0 aliphatic carbocycles. The van der Waals surface area contributed by atoms with Crippen LogP contribution in [0.4, 0.5) is 0 Å². The van der Waals surface area contributed by atoms with Gasteiger partial charge in [0.1, 0.15) is 11.9 Å². The molecule has 24 heavy (non-hydrogen) atoms. The van der Waals surface area contributed by atoms with Gasteiger partial charge >= 0.3 is 0 Å². The number of carbonyl (C=O) groups is 1. The molecule has 2 N–H and O–H groups in total. The van der Waals surface area contributed by atoms with E-state index in [1.54, 1.807) is 17.3 Å². The molecule has 1 aromatic carbocycles. The van der Waals surface area contributed by atoms with Gasteiger partial charge in [0.2, 0.25) is 0 Å². The predicted octanol–water partition coefficient (Wildman–Crippen LogP) is 2.07. The number of para-hydroxylation sites is 1. The Morgan fingerprint density at radius 2 is 1.92 bits per heavy atom. The Hall–Kier alpha value is -3.02. The fourth-order valence-electron chi connectivity index (χ4n) is 3.00. The highest BCUT2D eigenvalue weighted by Gasteiger charge is 2.34. The van der Waals surface area contributed by atoms with Crippen LogP contribution in [-0.2, 0) is 0 Å². The van der Waals surface area contributed by atoms with Crippen LogP contribution in [0, 0.1) is 6.92 Å². The first-order valence-corrected chi connectivity index (χ1v) is 7.84. The van der Waals surface area contributed by atoms with E-state index in [-0.39, 0.29) is 17.6 Å². The van der Waals surface area contributed by atoms with Crippen LogP contribution in [0.15, 0.2) is 47.5 Å². The van der Waals surface area contributed by atoms with E-state index >= 15 is 0 Å². The number of nitrogens with one attached hydrogen (secondary N) is 2. The van der Waals surface area contributed by atoms with Crippen LogP contribution in [0.1, 0.15) is 15.9 Å². The molecule has 122 valence electrons. The average Bonchev–Trinajstić information content (AvgIpc) is 3.01. The molecule has 3 heterocycles. The molecule has 6 nitrogen and oxygen atoms in total. The third-order valence-electron chi connectivity index (χ3n) is 4.33. The van der Waals surface area contributed by atoms with Gasteiger partial charge in [0.25, 0.3) is 11.5 Å². The maximum Gasteiger partial charge on any atom is 0.258 e.